The first-order chi connectivity index (χ1) is 11.8. The zero-order chi connectivity index (χ0) is 16.8. The van der Waals surface area contributed by atoms with Crippen LogP contribution in [0.5, 0.6) is 5.75 Å². The summed E-state index contributed by atoms with van der Waals surface area (Å²) in [4.78, 5) is 3.99. The number of nitrogens with zero attached hydrogens (tertiary/aromatic N) is 5. The summed E-state index contributed by atoms with van der Waals surface area (Å²) in [5.41, 5.74) is 2.95. The summed E-state index contributed by atoms with van der Waals surface area (Å²) in [6.45, 7) is 2.71. The molecule has 2 heterocycles. The van der Waals surface area contributed by atoms with E-state index in [0.29, 0.717) is 17.9 Å². The number of rotatable bonds is 6. The number of ether oxygens (including phenoxy) is 1. The summed E-state index contributed by atoms with van der Waals surface area (Å²) in [5, 5.41) is 17.7. The van der Waals surface area contributed by atoms with E-state index in [1.807, 2.05) is 24.4 Å². The first kappa shape index (κ1) is 15.7. The summed E-state index contributed by atoms with van der Waals surface area (Å²) in [5.74, 6) is 0.601. The monoisotopic (exact) mass is 319 g/mol. The molecule has 0 unspecified atom stereocenters. The number of aromatic nitrogens is 4. The molecule has 6 nitrogen and oxygen atoms in total. The SMILES string of the molecule is CCCCOc1ccc(-n2cc(-c3ccncc3)nn2)cc1C#N. The van der Waals surface area contributed by atoms with Crippen molar-refractivity contribution in [1.82, 2.24) is 20.0 Å². The van der Waals surface area contributed by atoms with E-state index in [4.69, 9.17) is 4.74 Å². The average molecular weight is 319 g/mol. The van der Waals surface area contributed by atoms with Gasteiger partial charge in [-0.3, -0.25) is 4.98 Å². The van der Waals surface area contributed by atoms with Crippen molar-refractivity contribution < 1.29 is 4.74 Å². The van der Waals surface area contributed by atoms with Crippen molar-refractivity contribution in [2.24, 2.45) is 0 Å². The van der Waals surface area contributed by atoms with Gasteiger partial charge in [0.1, 0.15) is 17.5 Å². The predicted molar refractivity (Wildman–Crippen MR) is 89.7 cm³/mol. The highest BCUT2D eigenvalue weighted by molar-refractivity contribution is 5.57. The Morgan fingerprint density at radius 3 is 2.79 bits per heavy atom. The first-order valence-corrected chi connectivity index (χ1v) is 7.82. The van der Waals surface area contributed by atoms with Gasteiger partial charge in [-0.2, -0.15) is 5.26 Å². The maximum absolute atomic E-state index is 9.35. The molecule has 24 heavy (non-hydrogen) atoms. The fraction of sp³-hybridized carbons (Fsp3) is 0.222. The molecule has 0 aliphatic rings. The van der Waals surface area contributed by atoms with E-state index < -0.39 is 0 Å². The molecule has 0 spiro atoms. The lowest BCUT2D eigenvalue weighted by Gasteiger charge is -2.08. The lowest BCUT2D eigenvalue weighted by atomic mass is 10.2. The Bertz CT molecular complexity index is 851. The van der Waals surface area contributed by atoms with Crippen molar-refractivity contribution in [3.8, 4) is 28.8 Å². The maximum Gasteiger partial charge on any atom is 0.137 e. The Kier molecular flexibility index (Phi) is 4.82. The molecule has 1 aromatic carbocycles. The third-order valence-corrected chi connectivity index (χ3v) is 3.57. The molecule has 0 saturated carbocycles. The van der Waals surface area contributed by atoms with Crippen molar-refractivity contribution >= 4 is 0 Å². The van der Waals surface area contributed by atoms with Crippen LogP contribution in [0, 0.1) is 11.3 Å². The highest BCUT2D eigenvalue weighted by Gasteiger charge is 2.09. The molecular formula is C18H17N5O. The van der Waals surface area contributed by atoms with Gasteiger partial charge < -0.3 is 4.74 Å². The van der Waals surface area contributed by atoms with Crippen LogP contribution in [0.4, 0.5) is 0 Å². The third-order valence-electron chi connectivity index (χ3n) is 3.57. The van der Waals surface area contributed by atoms with E-state index in [2.05, 4.69) is 28.3 Å². The molecule has 0 aliphatic carbocycles. The molecule has 6 heteroatoms. The Morgan fingerprint density at radius 2 is 2.04 bits per heavy atom. The number of pyridine rings is 1. The van der Waals surface area contributed by atoms with Gasteiger partial charge in [0.05, 0.1) is 24.1 Å². The van der Waals surface area contributed by atoms with Gasteiger partial charge in [-0.1, -0.05) is 18.6 Å². The van der Waals surface area contributed by atoms with Crippen LogP contribution in [0.2, 0.25) is 0 Å². The smallest absolute Gasteiger partial charge is 0.137 e. The van der Waals surface area contributed by atoms with E-state index in [1.165, 1.54) is 0 Å². The van der Waals surface area contributed by atoms with Crippen LogP contribution in [-0.4, -0.2) is 26.6 Å². The fourth-order valence-electron chi connectivity index (χ4n) is 2.25. The van der Waals surface area contributed by atoms with Gasteiger partial charge in [0.2, 0.25) is 0 Å². The molecule has 0 aliphatic heterocycles. The molecular weight excluding hydrogens is 302 g/mol. The number of nitriles is 1. The third kappa shape index (κ3) is 3.41. The Hall–Kier alpha value is -3.20. The Balaban J connectivity index is 1.85. The van der Waals surface area contributed by atoms with Crippen LogP contribution < -0.4 is 4.74 Å². The van der Waals surface area contributed by atoms with E-state index in [0.717, 1.165) is 29.8 Å². The zero-order valence-electron chi connectivity index (χ0n) is 13.4. The molecule has 3 aromatic rings. The molecule has 0 radical (unpaired) electrons. The number of hydrogen-bond donors (Lipinski definition) is 0. The lowest BCUT2D eigenvalue weighted by molar-refractivity contribution is 0.308. The minimum Gasteiger partial charge on any atom is -0.492 e. The van der Waals surface area contributed by atoms with Crippen molar-refractivity contribution in [1.29, 1.82) is 5.26 Å². The highest BCUT2D eigenvalue weighted by atomic mass is 16.5. The molecule has 0 N–H and O–H groups in total. The second kappa shape index (κ2) is 7.38. The number of unbranched alkanes of at least 4 members (excludes halogenated alkanes) is 1. The highest BCUT2D eigenvalue weighted by Crippen LogP contribution is 2.23. The van der Waals surface area contributed by atoms with Gasteiger partial charge in [0, 0.05) is 18.0 Å². The molecule has 0 bridgehead atoms. The largest absolute Gasteiger partial charge is 0.492 e. The normalized spacial score (nSPS) is 10.3. The average Bonchev–Trinajstić information content (AvgIpc) is 3.13. The topological polar surface area (TPSA) is 76.6 Å². The lowest BCUT2D eigenvalue weighted by Crippen LogP contribution is -2.01. The van der Waals surface area contributed by atoms with Crippen molar-refractivity contribution in [3.05, 3.63) is 54.5 Å². The second-order valence-corrected chi connectivity index (χ2v) is 5.28. The van der Waals surface area contributed by atoms with E-state index in [-0.39, 0.29) is 0 Å². The van der Waals surface area contributed by atoms with E-state index in [9.17, 15) is 5.26 Å². The van der Waals surface area contributed by atoms with Gasteiger partial charge in [0.25, 0.3) is 0 Å². The minimum absolute atomic E-state index is 0.490. The summed E-state index contributed by atoms with van der Waals surface area (Å²) >= 11 is 0. The Morgan fingerprint density at radius 1 is 1.21 bits per heavy atom. The molecule has 0 fully saturated rings. The number of benzene rings is 1. The van der Waals surface area contributed by atoms with Crippen LogP contribution in [0.25, 0.3) is 16.9 Å². The van der Waals surface area contributed by atoms with Gasteiger partial charge in [-0.05, 0) is 36.8 Å². The first-order valence-electron chi connectivity index (χ1n) is 7.82. The summed E-state index contributed by atoms with van der Waals surface area (Å²) < 4.78 is 7.30. The molecule has 120 valence electrons. The van der Waals surface area contributed by atoms with Gasteiger partial charge in [-0.25, -0.2) is 4.68 Å². The van der Waals surface area contributed by atoms with Gasteiger partial charge >= 0.3 is 0 Å². The standard InChI is InChI=1S/C18H17N5O/c1-2-3-10-24-18-5-4-16(11-15(18)12-19)23-13-17(21-22-23)14-6-8-20-9-7-14/h4-9,11,13H,2-3,10H2,1H3. The quantitative estimate of drug-likeness (QED) is 0.651. The Labute approximate surface area is 140 Å². The van der Waals surface area contributed by atoms with Gasteiger partial charge in [0.15, 0.2) is 0 Å². The summed E-state index contributed by atoms with van der Waals surface area (Å²) in [6, 6.07) is 11.4. The van der Waals surface area contributed by atoms with Crippen LogP contribution in [0.1, 0.15) is 25.3 Å². The van der Waals surface area contributed by atoms with Crippen molar-refractivity contribution in [2.45, 2.75) is 19.8 Å². The fourth-order valence-corrected chi connectivity index (χ4v) is 2.25. The molecule has 2 aromatic heterocycles. The molecule has 0 saturated heterocycles. The molecule has 0 atom stereocenters. The molecule has 0 amide bonds. The van der Waals surface area contributed by atoms with E-state index >= 15 is 0 Å². The van der Waals surface area contributed by atoms with E-state index in [1.54, 1.807) is 29.2 Å². The van der Waals surface area contributed by atoms with Crippen LogP contribution in [0.15, 0.2) is 48.9 Å². The van der Waals surface area contributed by atoms with Gasteiger partial charge in [-0.15, -0.1) is 5.10 Å². The van der Waals surface area contributed by atoms with Crippen LogP contribution in [-0.2, 0) is 0 Å². The predicted octanol–water partition coefficient (Wildman–Crippen LogP) is 3.38. The number of hydrogen-bond acceptors (Lipinski definition) is 5. The zero-order valence-corrected chi connectivity index (χ0v) is 13.4. The van der Waals surface area contributed by atoms with Crippen molar-refractivity contribution in [3.63, 3.8) is 0 Å². The summed E-state index contributed by atoms with van der Waals surface area (Å²) in [6.07, 6.45) is 7.26. The summed E-state index contributed by atoms with van der Waals surface area (Å²) in [7, 11) is 0. The maximum atomic E-state index is 9.35. The van der Waals surface area contributed by atoms with Crippen LogP contribution in [0.3, 0.4) is 0 Å². The molecule has 3 rings (SSSR count). The minimum atomic E-state index is 0.490. The van der Waals surface area contributed by atoms with Crippen LogP contribution >= 0.6 is 0 Å². The van der Waals surface area contributed by atoms with Crippen molar-refractivity contribution in [2.75, 3.05) is 6.61 Å². The second-order valence-electron chi connectivity index (χ2n) is 5.28.